The number of alkyl halides is 1. The Morgan fingerprint density at radius 3 is 2.59 bits per heavy atom. The maximum Gasteiger partial charge on any atom is 0.241 e. The van der Waals surface area contributed by atoms with Crippen LogP contribution in [0.5, 0.6) is 0 Å². The number of nitrogens with one attached hydrogen (secondary N) is 1. The van der Waals surface area contributed by atoms with Crippen molar-refractivity contribution in [3.63, 3.8) is 0 Å². The van der Waals surface area contributed by atoms with Crippen LogP contribution in [0, 0.1) is 12.7 Å². The number of hydrogen-bond donors (Lipinski definition) is 1. The van der Waals surface area contributed by atoms with E-state index in [-0.39, 0.29) is 10.8 Å². The molecular formula is C11H13ClFNO2S. The Balaban J connectivity index is 2.32. The minimum atomic E-state index is -3.62. The van der Waals surface area contributed by atoms with E-state index in [1.807, 2.05) is 0 Å². The molecule has 0 amide bonds. The molecule has 0 saturated heterocycles. The molecule has 0 spiro atoms. The molecule has 6 heteroatoms. The van der Waals surface area contributed by atoms with E-state index < -0.39 is 21.4 Å². The van der Waals surface area contributed by atoms with E-state index in [1.165, 1.54) is 12.1 Å². The second-order valence-corrected chi connectivity index (χ2v) is 6.35. The molecule has 0 aromatic heterocycles. The fourth-order valence-corrected chi connectivity index (χ4v) is 3.77. The average molecular weight is 278 g/mol. The van der Waals surface area contributed by atoms with E-state index in [2.05, 4.69) is 4.72 Å². The molecule has 0 bridgehead atoms. The molecule has 0 heterocycles. The first-order valence-electron chi connectivity index (χ1n) is 5.25. The van der Waals surface area contributed by atoms with Crippen molar-refractivity contribution in [1.29, 1.82) is 0 Å². The lowest BCUT2D eigenvalue weighted by Crippen LogP contribution is -2.38. The highest BCUT2D eigenvalue weighted by atomic mass is 35.5. The van der Waals surface area contributed by atoms with Crippen LogP contribution in [-0.2, 0) is 10.0 Å². The second-order valence-electron chi connectivity index (χ2n) is 4.43. The van der Waals surface area contributed by atoms with Gasteiger partial charge in [-0.15, -0.1) is 11.6 Å². The van der Waals surface area contributed by atoms with E-state index >= 15 is 0 Å². The van der Waals surface area contributed by atoms with Gasteiger partial charge in [0.1, 0.15) is 5.82 Å². The Morgan fingerprint density at radius 1 is 1.47 bits per heavy atom. The minimum absolute atomic E-state index is 0.107. The van der Waals surface area contributed by atoms with Crippen LogP contribution >= 0.6 is 11.6 Å². The third kappa shape index (κ3) is 2.61. The van der Waals surface area contributed by atoms with Crippen LogP contribution in [0.4, 0.5) is 4.39 Å². The van der Waals surface area contributed by atoms with Crippen molar-refractivity contribution in [3.8, 4) is 0 Å². The van der Waals surface area contributed by atoms with E-state index in [9.17, 15) is 12.8 Å². The number of halogens is 2. The van der Waals surface area contributed by atoms with Crippen molar-refractivity contribution in [2.24, 2.45) is 0 Å². The van der Waals surface area contributed by atoms with E-state index in [0.29, 0.717) is 5.56 Å². The van der Waals surface area contributed by atoms with Crippen LogP contribution in [-0.4, -0.2) is 19.8 Å². The van der Waals surface area contributed by atoms with Gasteiger partial charge in [0.15, 0.2) is 0 Å². The number of benzene rings is 1. The molecule has 1 saturated carbocycles. The van der Waals surface area contributed by atoms with Crippen molar-refractivity contribution >= 4 is 21.6 Å². The smallest absolute Gasteiger partial charge is 0.207 e. The first kappa shape index (κ1) is 12.8. The summed E-state index contributed by atoms with van der Waals surface area (Å²) in [5, 5.41) is 0. The van der Waals surface area contributed by atoms with Gasteiger partial charge in [0.05, 0.1) is 4.90 Å². The lowest BCUT2D eigenvalue weighted by atomic mass is 10.2. The van der Waals surface area contributed by atoms with Crippen LogP contribution in [0.2, 0.25) is 0 Å². The molecule has 0 unspecified atom stereocenters. The number of rotatable bonds is 4. The molecule has 3 nitrogen and oxygen atoms in total. The topological polar surface area (TPSA) is 46.2 Å². The summed E-state index contributed by atoms with van der Waals surface area (Å²) in [7, 11) is -3.62. The first-order chi connectivity index (χ1) is 7.88. The van der Waals surface area contributed by atoms with Crippen LogP contribution < -0.4 is 4.72 Å². The van der Waals surface area contributed by atoms with Gasteiger partial charge in [-0.25, -0.2) is 17.5 Å². The van der Waals surface area contributed by atoms with Gasteiger partial charge >= 0.3 is 0 Å². The van der Waals surface area contributed by atoms with Gasteiger partial charge in [0.2, 0.25) is 10.0 Å². The monoisotopic (exact) mass is 277 g/mol. The molecule has 94 valence electrons. The summed E-state index contributed by atoms with van der Waals surface area (Å²) >= 11 is 5.73. The van der Waals surface area contributed by atoms with Crippen molar-refractivity contribution in [2.45, 2.75) is 30.2 Å². The molecule has 17 heavy (non-hydrogen) atoms. The van der Waals surface area contributed by atoms with Gasteiger partial charge in [-0.05, 0) is 43.5 Å². The van der Waals surface area contributed by atoms with Crippen LogP contribution in [0.1, 0.15) is 18.4 Å². The maximum atomic E-state index is 12.9. The number of hydrogen-bond acceptors (Lipinski definition) is 2. The highest BCUT2D eigenvalue weighted by Crippen LogP contribution is 2.38. The second kappa shape index (κ2) is 4.23. The summed E-state index contributed by atoms with van der Waals surface area (Å²) in [5.74, 6) is -0.188. The zero-order valence-corrected chi connectivity index (χ0v) is 10.9. The molecule has 0 aliphatic heterocycles. The Labute approximate surface area is 105 Å². The molecule has 2 rings (SSSR count). The third-order valence-electron chi connectivity index (χ3n) is 2.89. The maximum absolute atomic E-state index is 12.9. The van der Waals surface area contributed by atoms with Crippen LogP contribution in [0.15, 0.2) is 23.1 Å². The van der Waals surface area contributed by atoms with Crippen molar-refractivity contribution in [1.82, 2.24) is 4.72 Å². The van der Waals surface area contributed by atoms with Crippen LogP contribution in [0.3, 0.4) is 0 Å². The molecule has 1 fully saturated rings. The summed E-state index contributed by atoms with van der Waals surface area (Å²) in [5.41, 5.74) is -0.107. The zero-order chi connectivity index (χ0) is 12.7. The highest BCUT2D eigenvalue weighted by molar-refractivity contribution is 7.89. The minimum Gasteiger partial charge on any atom is -0.207 e. The average Bonchev–Trinajstić information content (AvgIpc) is 2.97. The SMILES string of the molecule is Cc1cc(F)ccc1S(=O)(=O)NC1(CCl)CC1. The molecule has 1 aliphatic rings. The van der Waals surface area contributed by atoms with Gasteiger partial charge in [0, 0.05) is 11.4 Å². The number of sulfonamides is 1. The quantitative estimate of drug-likeness (QED) is 0.858. The van der Waals surface area contributed by atoms with E-state index in [4.69, 9.17) is 11.6 Å². The highest BCUT2D eigenvalue weighted by Gasteiger charge is 2.45. The van der Waals surface area contributed by atoms with Gasteiger partial charge in [-0.2, -0.15) is 0 Å². The summed E-state index contributed by atoms with van der Waals surface area (Å²) in [6, 6.07) is 3.62. The van der Waals surface area contributed by atoms with Crippen molar-refractivity contribution < 1.29 is 12.8 Å². The Kier molecular flexibility index (Phi) is 3.18. The van der Waals surface area contributed by atoms with E-state index in [1.54, 1.807) is 6.92 Å². The predicted octanol–water partition coefficient (Wildman–Crippen LogP) is 2.18. The first-order valence-corrected chi connectivity index (χ1v) is 7.26. The summed E-state index contributed by atoms with van der Waals surface area (Å²) in [6.45, 7) is 1.57. The fourth-order valence-electron chi connectivity index (χ4n) is 1.67. The lowest BCUT2D eigenvalue weighted by Gasteiger charge is -2.15. The standard InChI is InChI=1S/C11H13ClFNO2S/c1-8-6-9(13)2-3-10(8)17(15,16)14-11(7-12)4-5-11/h2-3,6,14H,4-5,7H2,1H3. The van der Waals surface area contributed by atoms with Gasteiger partial charge in [0.25, 0.3) is 0 Å². The molecule has 1 aliphatic carbocycles. The normalized spacial score (nSPS) is 18.1. The zero-order valence-electron chi connectivity index (χ0n) is 9.33. The van der Waals surface area contributed by atoms with Crippen LogP contribution in [0.25, 0.3) is 0 Å². The molecule has 1 aromatic rings. The van der Waals surface area contributed by atoms with Crippen molar-refractivity contribution in [2.75, 3.05) is 5.88 Å². The molecule has 1 aromatic carbocycles. The van der Waals surface area contributed by atoms with Crippen molar-refractivity contribution in [3.05, 3.63) is 29.6 Å². The van der Waals surface area contributed by atoms with Gasteiger partial charge < -0.3 is 0 Å². The molecule has 1 N–H and O–H groups in total. The predicted molar refractivity (Wildman–Crippen MR) is 64.1 cm³/mol. The Morgan fingerprint density at radius 2 is 2.12 bits per heavy atom. The summed E-state index contributed by atoms with van der Waals surface area (Å²) in [6.07, 6.45) is 1.49. The Hall–Kier alpha value is -0.650. The number of aryl methyl sites for hydroxylation is 1. The molecular weight excluding hydrogens is 265 g/mol. The molecule has 0 radical (unpaired) electrons. The van der Waals surface area contributed by atoms with Gasteiger partial charge in [-0.1, -0.05) is 0 Å². The van der Waals surface area contributed by atoms with Gasteiger partial charge in [-0.3, -0.25) is 0 Å². The van der Waals surface area contributed by atoms with E-state index in [0.717, 1.165) is 18.9 Å². The fraction of sp³-hybridized carbons (Fsp3) is 0.455. The molecule has 0 atom stereocenters. The lowest BCUT2D eigenvalue weighted by molar-refractivity contribution is 0.558. The summed E-state index contributed by atoms with van der Waals surface area (Å²) < 4.78 is 39.7. The Bertz CT molecular complexity index is 540. The third-order valence-corrected chi connectivity index (χ3v) is 5.14. The summed E-state index contributed by atoms with van der Waals surface area (Å²) in [4.78, 5) is 0.107. The largest absolute Gasteiger partial charge is 0.241 e.